The van der Waals surface area contributed by atoms with Gasteiger partial charge in [0.2, 0.25) is 0 Å². The Morgan fingerprint density at radius 3 is 2.35 bits per heavy atom. The Kier molecular flexibility index (Phi) is 5.56. The van der Waals surface area contributed by atoms with Crippen LogP contribution < -0.4 is 15.8 Å². The highest BCUT2D eigenvalue weighted by atomic mass is 32.2. The molecule has 0 aliphatic carbocycles. The Bertz CT molecular complexity index is 911. The highest BCUT2D eigenvalue weighted by Crippen LogP contribution is 2.23. The molecule has 0 saturated carbocycles. The molecule has 5 N–H and O–H groups in total. The zero-order chi connectivity index (χ0) is 18.4. The number of rotatable bonds is 6. The Labute approximate surface area is 156 Å². The number of benzene rings is 3. The largest absolute Gasteiger partial charge is 0.398 e. The van der Waals surface area contributed by atoms with Crippen LogP contribution in [0, 0.1) is 5.41 Å². The third-order valence-electron chi connectivity index (χ3n) is 3.68. The molecule has 0 saturated heterocycles. The third-order valence-corrected chi connectivity index (χ3v) is 4.52. The fourth-order valence-electron chi connectivity index (χ4n) is 2.28. The van der Waals surface area contributed by atoms with Gasteiger partial charge in [-0.2, -0.15) is 0 Å². The van der Waals surface area contributed by atoms with Gasteiger partial charge in [-0.15, -0.1) is 0 Å². The highest BCUT2D eigenvalue weighted by molar-refractivity contribution is 8.00. The summed E-state index contributed by atoms with van der Waals surface area (Å²) in [5.41, 5.74) is 9.01. The van der Waals surface area contributed by atoms with E-state index in [1.54, 1.807) is 18.2 Å². The molecule has 0 unspecified atom stereocenters. The van der Waals surface area contributed by atoms with Crippen molar-refractivity contribution in [2.75, 3.05) is 15.8 Å². The molecule has 0 heterocycles. The van der Waals surface area contributed by atoms with Gasteiger partial charge in [0.25, 0.3) is 5.91 Å². The summed E-state index contributed by atoms with van der Waals surface area (Å²) in [6, 6.07) is 22.4. The van der Waals surface area contributed by atoms with Crippen molar-refractivity contribution in [1.82, 2.24) is 0 Å². The maximum absolute atomic E-state index is 12.3. The van der Waals surface area contributed by atoms with Gasteiger partial charge in [0, 0.05) is 39.3 Å². The first kappa shape index (κ1) is 17.6. The van der Waals surface area contributed by atoms with Gasteiger partial charge in [0.15, 0.2) is 0 Å². The van der Waals surface area contributed by atoms with Crippen molar-refractivity contribution in [3.63, 3.8) is 0 Å². The van der Waals surface area contributed by atoms with Crippen molar-refractivity contribution in [3.05, 3.63) is 83.9 Å². The summed E-state index contributed by atoms with van der Waals surface area (Å²) < 4.78 is 3.26. The lowest BCUT2D eigenvalue weighted by Gasteiger charge is -2.09. The summed E-state index contributed by atoms with van der Waals surface area (Å²) in [5, 5.41) is 10.1. The van der Waals surface area contributed by atoms with Crippen LogP contribution in [0.2, 0.25) is 0 Å². The van der Waals surface area contributed by atoms with Crippen LogP contribution in [-0.4, -0.2) is 12.1 Å². The number of nitrogens with two attached hydrogens (primary N) is 1. The quantitative estimate of drug-likeness (QED) is 0.292. The van der Waals surface area contributed by atoms with Crippen molar-refractivity contribution < 1.29 is 4.79 Å². The van der Waals surface area contributed by atoms with Crippen LogP contribution in [0.25, 0.3) is 0 Å². The predicted octanol–water partition coefficient (Wildman–Crippen LogP) is 4.64. The minimum Gasteiger partial charge on any atom is -0.398 e. The number of para-hydroxylation sites is 1. The first-order chi connectivity index (χ1) is 12.7. The van der Waals surface area contributed by atoms with Gasteiger partial charge in [-0.3, -0.25) is 4.79 Å². The molecule has 130 valence electrons. The van der Waals surface area contributed by atoms with Crippen molar-refractivity contribution in [3.8, 4) is 0 Å². The van der Waals surface area contributed by atoms with Gasteiger partial charge in [0.05, 0.1) is 0 Å². The van der Waals surface area contributed by atoms with Crippen LogP contribution in [0.1, 0.15) is 15.9 Å². The molecule has 1 amide bonds. The van der Waals surface area contributed by atoms with E-state index in [4.69, 9.17) is 11.1 Å². The van der Waals surface area contributed by atoms with Crippen LogP contribution in [-0.2, 0) is 0 Å². The fraction of sp³-hybridized carbons (Fsp3) is 0. The summed E-state index contributed by atoms with van der Waals surface area (Å²) in [7, 11) is 0. The first-order valence-electron chi connectivity index (χ1n) is 7.95. The smallest absolute Gasteiger partial charge is 0.255 e. The minimum atomic E-state index is -0.240. The lowest BCUT2D eigenvalue weighted by Crippen LogP contribution is -2.12. The van der Waals surface area contributed by atoms with Gasteiger partial charge < -0.3 is 21.2 Å². The molecular formula is C20H18N4OS. The molecule has 0 aliphatic heterocycles. The molecule has 3 rings (SSSR count). The lowest BCUT2D eigenvalue weighted by atomic mass is 10.1. The minimum absolute atomic E-state index is 0.240. The molecule has 6 heteroatoms. The van der Waals surface area contributed by atoms with E-state index in [-0.39, 0.29) is 5.91 Å². The van der Waals surface area contributed by atoms with Gasteiger partial charge >= 0.3 is 0 Å². The second kappa shape index (κ2) is 8.22. The molecule has 26 heavy (non-hydrogen) atoms. The van der Waals surface area contributed by atoms with Crippen LogP contribution >= 0.6 is 11.9 Å². The van der Waals surface area contributed by atoms with Crippen molar-refractivity contribution in [2.24, 2.45) is 0 Å². The summed E-state index contributed by atoms with van der Waals surface area (Å²) in [6.07, 6.45) is 1.16. The van der Waals surface area contributed by atoms with Crippen molar-refractivity contribution >= 4 is 41.1 Å². The highest BCUT2D eigenvalue weighted by Gasteiger charge is 2.08. The van der Waals surface area contributed by atoms with Crippen molar-refractivity contribution in [2.45, 2.75) is 4.90 Å². The van der Waals surface area contributed by atoms with Crippen LogP contribution in [0.4, 0.5) is 17.1 Å². The molecule has 0 bridgehead atoms. The number of amides is 1. The third kappa shape index (κ3) is 4.43. The number of nitrogen functional groups attached to an aromatic ring is 1. The first-order valence-corrected chi connectivity index (χ1v) is 8.76. The summed E-state index contributed by atoms with van der Waals surface area (Å²) in [6.45, 7) is 0. The lowest BCUT2D eigenvalue weighted by molar-refractivity contribution is 0.102. The van der Waals surface area contributed by atoms with Crippen LogP contribution in [0.15, 0.2) is 77.7 Å². The maximum atomic E-state index is 12.3. The zero-order valence-corrected chi connectivity index (χ0v) is 14.7. The molecule has 3 aromatic carbocycles. The van der Waals surface area contributed by atoms with E-state index in [0.717, 1.165) is 16.8 Å². The average Bonchev–Trinajstić information content (AvgIpc) is 2.68. The molecule has 0 spiro atoms. The van der Waals surface area contributed by atoms with E-state index in [9.17, 15) is 4.79 Å². The Hall–Kier alpha value is -3.25. The second-order valence-electron chi connectivity index (χ2n) is 5.54. The van der Waals surface area contributed by atoms with Gasteiger partial charge in [0.1, 0.15) is 0 Å². The average molecular weight is 362 g/mol. The summed E-state index contributed by atoms with van der Waals surface area (Å²) in [4.78, 5) is 13.4. The normalized spacial score (nSPS) is 10.2. The Morgan fingerprint density at radius 2 is 1.69 bits per heavy atom. The van der Waals surface area contributed by atoms with E-state index in [1.807, 2.05) is 54.6 Å². The Balaban J connectivity index is 1.61. The predicted molar refractivity (Wildman–Crippen MR) is 109 cm³/mol. The zero-order valence-electron chi connectivity index (χ0n) is 13.9. The van der Waals surface area contributed by atoms with E-state index in [2.05, 4.69) is 10.0 Å². The standard InChI is InChI=1S/C20H18N4OS/c21-13-15-7-6-14(12-19(15)22)20(25)23-16-8-10-18(11-9-16)26-24-17-4-2-1-3-5-17/h1-13,21,24H,22H2,(H,23,25). The summed E-state index contributed by atoms with van der Waals surface area (Å²) >= 11 is 1.50. The number of hydrogen-bond acceptors (Lipinski definition) is 5. The van der Waals surface area contributed by atoms with E-state index < -0.39 is 0 Å². The van der Waals surface area contributed by atoms with Gasteiger partial charge in [-0.05, 0) is 60.5 Å². The number of carbonyl (C=O) groups excluding carboxylic acids is 1. The number of hydrogen-bond donors (Lipinski definition) is 4. The molecule has 0 radical (unpaired) electrons. The van der Waals surface area contributed by atoms with Crippen LogP contribution in [0.5, 0.6) is 0 Å². The molecule has 0 aromatic heterocycles. The van der Waals surface area contributed by atoms with E-state index in [1.165, 1.54) is 11.9 Å². The molecule has 0 atom stereocenters. The van der Waals surface area contributed by atoms with Crippen LogP contribution in [0.3, 0.4) is 0 Å². The molecule has 0 fully saturated rings. The topological polar surface area (TPSA) is 91.0 Å². The Morgan fingerprint density at radius 1 is 0.962 bits per heavy atom. The fourth-order valence-corrected chi connectivity index (χ4v) is 2.93. The van der Waals surface area contributed by atoms with E-state index >= 15 is 0 Å². The monoisotopic (exact) mass is 362 g/mol. The maximum Gasteiger partial charge on any atom is 0.255 e. The SMILES string of the molecule is N=Cc1ccc(C(=O)Nc2ccc(SNc3ccccc3)cc2)cc1N. The second-order valence-corrected chi connectivity index (χ2v) is 6.42. The number of carbonyl (C=O) groups is 1. The van der Waals surface area contributed by atoms with Gasteiger partial charge in [-0.25, -0.2) is 0 Å². The number of nitrogens with one attached hydrogen (secondary N) is 3. The molecule has 0 aliphatic rings. The number of anilines is 3. The molecular weight excluding hydrogens is 344 g/mol. The molecule has 5 nitrogen and oxygen atoms in total. The van der Waals surface area contributed by atoms with Gasteiger partial charge in [-0.1, -0.05) is 24.3 Å². The molecule has 3 aromatic rings. The van der Waals surface area contributed by atoms with Crippen molar-refractivity contribution in [1.29, 1.82) is 5.41 Å². The van der Waals surface area contributed by atoms with E-state index in [0.29, 0.717) is 22.5 Å². The summed E-state index contributed by atoms with van der Waals surface area (Å²) in [5.74, 6) is -0.240.